The largest absolute Gasteiger partial charge is 0.416 e. The summed E-state index contributed by atoms with van der Waals surface area (Å²) in [4.78, 5) is 3.82. The minimum absolute atomic E-state index is 0.190. The van der Waals surface area contributed by atoms with Crippen LogP contribution in [0, 0.1) is 5.41 Å². The molecule has 2 rings (SSSR count). The average Bonchev–Trinajstić information content (AvgIpc) is 2.81. The first-order valence-electron chi connectivity index (χ1n) is 5.46. The van der Waals surface area contributed by atoms with Crippen molar-refractivity contribution >= 4 is 0 Å². The van der Waals surface area contributed by atoms with E-state index < -0.39 is 17.2 Å². The third kappa shape index (κ3) is 1.73. The van der Waals surface area contributed by atoms with Gasteiger partial charge >= 0.3 is 6.18 Å². The van der Waals surface area contributed by atoms with E-state index in [2.05, 4.69) is 4.98 Å². The highest BCUT2D eigenvalue weighted by molar-refractivity contribution is 5.42. The van der Waals surface area contributed by atoms with Crippen LogP contribution in [0.1, 0.15) is 31.4 Å². The second-order valence-corrected chi connectivity index (χ2v) is 5.27. The Morgan fingerprint density at radius 1 is 1.41 bits per heavy atom. The summed E-state index contributed by atoms with van der Waals surface area (Å²) in [5, 5.41) is 0. The fourth-order valence-corrected chi connectivity index (χ4v) is 2.65. The summed E-state index contributed by atoms with van der Waals surface area (Å²) in [6, 6.07) is 1.03. The van der Waals surface area contributed by atoms with Crippen molar-refractivity contribution in [3.8, 4) is 0 Å². The Kier molecular flexibility index (Phi) is 2.51. The van der Waals surface area contributed by atoms with Crippen LogP contribution in [0.5, 0.6) is 0 Å². The predicted molar refractivity (Wildman–Crippen MR) is 58.4 cm³/mol. The first-order valence-corrected chi connectivity index (χ1v) is 5.46. The first-order chi connectivity index (χ1) is 7.74. The Bertz CT molecular complexity index is 440. The molecule has 1 fully saturated rings. The molecule has 94 valence electrons. The third-order valence-corrected chi connectivity index (χ3v) is 3.90. The second-order valence-electron chi connectivity index (χ2n) is 5.27. The highest BCUT2D eigenvalue weighted by Gasteiger charge is 2.63. The topological polar surface area (TPSA) is 38.9 Å². The Hall–Kier alpha value is -1.10. The number of rotatable bonds is 2. The molecular weight excluding hydrogens is 229 g/mol. The number of nitrogens with two attached hydrogens (primary N) is 1. The third-order valence-electron chi connectivity index (χ3n) is 3.90. The van der Waals surface area contributed by atoms with E-state index in [1.54, 1.807) is 0 Å². The molecular formula is C12H15F3N2. The Labute approximate surface area is 98.0 Å². The Morgan fingerprint density at radius 3 is 2.41 bits per heavy atom. The van der Waals surface area contributed by atoms with Gasteiger partial charge in [0, 0.05) is 24.4 Å². The Morgan fingerprint density at radius 2 is 2.00 bits per heavy atom. The van der Waals surface area contributed by atoms with Crippen LogP contribution in [0.4, 0.5) is 13.2 Å². The standard InChI is InChI=1S/C12H15F3N2/c1-10(2)6-11(10,7-16)9-5-17-4-3-8(9)12(13,14)15/h3-5H,6-7,16H2,1-2H3. The number of halogens is 3. The van der Waals surface area contributed by atoms with Crippen molar-refractivity contribution in [1.82, 2.24) is 4.98 Å². The van der Waals surface area contributed by atoms with Gasteiger partial charge in [-0.05, 0) is 23.5 Å². The minimum atomic E-state index is -4.35. The summed E-state index contributed by atoms with van der Waals surface area (Å²) < 4.78 is 38.8. The number of hydrogen-bond acceptors (Lipinski definition) is 2. The van der Waals surface area contributed by atoms with Crippen molar-refractivity contribution in [2.45, 2.75) is 31.9 Å². The molecule has 1 aliphatic carbocycles. The van der Waals surface area contributed by atoms with E-state index in [9.17, 15) is 13.2 Å². The fourth-order valence-electron chi connectivity index (χ4n) is 2.65. The van der Waals surface area contributed by atoms with Gasteiger partial charge in [0.15, 0.2) is 0 Å². The molecule has 1 atom stereocenters. The quantitative estimate of drug-likeness (QED) is 0.868. The van der Waals surface area contributed by atoms with Gasteiger partial charge in [0.05, 0.1) is 5.56 Å². The van der Waals surface area contributed by atoms with Crippen molar-refractivity contribution in [2.75, 3.05) is 6.54 Å². The number of alkyl halides is 3. The van der Waals surface area contributed by atoms with E-state index in [-0.39, 0.29) is 17.5 Å². The summed E-state index contributed by atoms with van der Waals surface area (Å²) in [6.45, 7) is 4.09. The smallest absolute Gasteiger partial charge is 0.330 e. The van der Waals surface area contributed by atoms with E-state index in [0.717, 1.165) is 6.07 Å². The normalized spacial score (nSPS) is 26.9. The van der Waals surface area contributed by atoms with Crippen LogP contribution >= 0.6 is 0 Å². The van der Waals surface area contributed by atoms with Crippen LogP contribution in [-0.4, -0.2) is 11.5 Å². The van der Waals surface area contributed by atoms with Crippen molar-refractivity contribution in [1.29, 1.82) is 0 Å². The zero-order valence-corrected chi connectivity index (χ0v) is 9.80. The lowest BCUT2D eigenvalue weighted by atomic mass is 9.86. The average molecular weight is 244 g/mol. The van der Waals surface area contributed by atoms with E-state index in [1.807, 2.05) is 13.8 Å². The predicted octanol–water partition coefficient (Wildman–Crippen LogP) is 2.73. The van der Waals surface area contributed by atoms with Gasteiger partial charge in [-0.2, -0.15) is 13.2 Å². The van der Waals surface area contributed by atoms with Gasteiger partial charge in [-0.3, -0.25) is 4.98 Å². The lowest BCUT2D eigenvalue weighted by molar-refractivity contribution is -0.138. The van der Waals surface area contributed by atoms with E-state index in [4.69, 9.17) is 5.73 Å². The summed E-state index contributed by atoms with van der Waals surface area (Å²) in [7, 11) is 0. The van der Waals surface area contributed by atoms with Gasteiger partial charge in [-0.25, -0.2) is 0 Å². The van der Waals surface area contributed by atoms with Crippen molar-refractivity contribution in [2.24, 2.45) is 11.1 Å². The molecule has 1 saturated carbocycles. The Balaban J connectivity index is 2.54. The molecule has 5 heteroatoms. The molecule has 0 aliphatic heterocycles. The van der Waals surface area contributed by atoms with Gasteiger partial charge in [-0.1, -0.05) is 13.8 Å². The van der Waals surface area contributed by atoms with E-state index >= 15 is 0 Å². The van der Waals surface area contributed by atoms with Crippen LogP contribution in [0.2, 0.25) is 0 Å². The molecule has 1 aromatic heterocycles. The minimum Gasteiger partial charge on any atom is -0.330 e. The molecule has 0 amide bonds. The molecule has 1 aromatic rings. The molecule has 0 bridgehead atoms. The van der Waals surface area contributed by atoms with Gasteiger partial charge in [0.2, 0.25) is 0 Å². The van der Waals surface area contributed by atoms with Crippen molar-refractivity contribution in [3.05, 3.63) is 29.6 Å². The lowest BCUT2D eigenvalue weighted by Gasteiger charge is -2.22. The molecule has 1 unspecified atom stereocenters. The van der Waals surface area contributed by atoms with E-state index in [1.165, 1.54) is 12.4 Å². The number of hydrogen-bond donors (Lipinski definition) is 1. The number of aromatic nitrogens is 1. The molecule has 0 radical (unpaired) electrons. The molecule has 1 aliphatic rings. The van der Waals surface area contributed by atoms with Crippen LogP contribution in [0.3, 0.4) is 0 Å². The second kappa shape index (κ2) is 3.45. The van der Waals surface area contributed by atoms with E-state index in [0.29, 0.717) is 6.42 Å². The first kappa shape index (κ1) is 12.4. The van der Waals surface area contributed by atoms with Gasteiger partial charge in [-0.15, -0.1) is 0 Å². The maximum Gasteiger partial charge on any atom is 0.416 e. The fraction of sp³-hybridized carbons (Fsp3) is 0.583. The summed E-state index contributed by atoms with van der Waals surface area (Å²) in [5.74, 6) is 0. The lowest BCUT2D eigenvalue weighted by Crippen LogP contribution is -2.28. The van der Waals surface area contributed by atoms with Crippen LogP contribution in [0.15, 0.2) is 18.5 Å². The zero-order valence-electron chi connectivity index (χ0n) is 9.80. The van der Waals surface area contributed by atoms with Crippen molar-refractivity contribution in [3.63, 3.8) is 0 Å². The number of nitrogens with zero attached hydrogens (tertiary/aromatic N) is 1. The molecule has 0 spiro atoms. The summed E-state index contributed by atoms with van der Waals surface area (Å²) in [5.41, 5.74) is 4.55. The molecule has 1 heterocycles. The van der Waals surface area contributed by atoms with Crippen LogP contribution in [-0.2, 0) is 11.6 Å². The van der Waals surface area contributed by atoms with Gasteiger partial charge < -0.3 is 5.73 Å². The molecule has 17 heavy (non-hydrogen) atoms. The maximum atomic E-state index is 12.9. The molecule has 2 nitrogen and oxygen atoms in total. The molecule has 0 aromatic carbocycles. The highest BCUT2D eigenvalue weighted by atomic mass is 19.4. The van der Waals surface area contributed by atoms with Gasteiger partial charge in [0.25, 0.3) is 0 Å². The van der Waals surface area contributed by atoms with Gasteiger partial charge in [0.1, 0.15) is 0 Å². The summed E-state index contributed by atoms with van der Waals surface area (Å²) in [6.07, 6.45) is -1.19. The molecule has 0 saturated heterocycles. The summed E-state index contributed by atoms with van der Waals surface area (Å²) >= 11 is 0. The van der Waals surface area contributed by atoms with Crippen LogP contribution in [0.25, 0.3) is 0 Å². The maximum absolute atomic E-state index is 12.9. The number of pyridine rings is 1. The van der Waals surface area contributed by atoms with Crippen LogP contribution < -0.4 is 5.73 Å². The van der Waals surface area contributed by atoms with Crippen molar-refractivity contribution < 1.29 is 13.2 Å². The highest BCUT2D eigenvalue weighted by Crippen LogP contribution is 2.64. The zero-order chi connectivity index (χ0) is 12.9. The SMILES string of the molecule is CC1(C)CC1(CN)c1cnccc1C(F)(F)F. The monoisotopic (exact) mass is 244 g/mol. The molecule has 2 N–H and O–H groups in total.